The standard InChI is InChI=1S/C23H16FNO3/c1-14-5-2-3-8-18(14)22-13-20(26)19-12-17(9-10-21(19)28-22)25-23(27)15-6-4-7-16(24)11-15/h2-13H,1H3,(H,25,27). The Kier molecular flexibility index (Phi) is 4.49. The summed E-state index contributed by atoms with van der Waals surface area (Å²) in [5.41, 5.74) is 2.70. The van der Waals surface area contributed by atoms with E-state index in [0.29, 0.717) is 22.4 Å². The van der Waals surface area contributed by atoms with E-state index < -0.39 is 11.7 Å². The van der Waals surface area contributed by atoms with Gasteiger partial charge in [-0.1, -0.05) is 30.3 Å². The van der Waals surface area contributed by atoms with Crippen LogP contribution in [0.25, 0.3) is 22.3 Å². The number of benzene rings is 3. The molecule has 1 heterocycles. The van der Waals surface area contributed by atoms with Crippen LogP contribution in [0.5, 0.6) is 0 Å². The molecule has 0 unspecified atom stereocenters. The van der Waals surface area contributed by atoms with Crippen molar-refractivity contribution in [3.05, 3.63) is 100.0 Å². The van der Waals surface area contributed by atoms with Gasteiger partial charge in [0.15, 0.2) is 5.43 Å². The number of carbonyl (C=O) groups is 1. The summed E-state index contributed by atoms with van der Waals surface area (Å²) in [7, 11) is 0. The van der Waals surface area contributed by atoms with Crippen molar-refractivity contribution >= 4 is 22.6 Å². The zero-order chi connectivity index (χ0) is 19.7. The second-order valence-electron chi connectivity index (χ2n) is 6.47. The van der Waals surface area contributed by atoms with Gasteiger partial charge in [0.2, 0.25) is 0 Å². The van der Waals surface area contributed by atoms with Crippen molar-refractivity contribution in [2.24, 2.45) is 0 Å². The molecule has 138 valence electrons. The molecule has 0 aliphatic carbocycles. The molecule has 4 aromatic rings. The van der Waals surface area contributed by atoms with E-state index in [0.717, 1.165) is 17.2 Å². The number of hydrogen-bond acceptors (Lipinski definition) is 3. The smallest absolute Gasteiger partial charge is 0.255 e. The number of nitrogens with one attached hydrogen (secondary N) is 1. The maximum absolute atomic E-state index is 13.3. The summed E-state index contributed by atoms with van der Waals surface area (Å²) in [6, 6.07) is 19.3. The van der Waals surface area contributed by atoms with Crippen LogP contribution >= 0.6 is 0 Å². The van der Waals surface area contributed by atoms with Crippen LogP contribution in [0.1, 0.15) is 15.9 Å². The van der Waals surface area contributed by atoms with Crippen molar-refractivity contribution in [2.45, 2.75) is 6.92 Å². The highest BCUT2D eigenvalue weighted by Gasteiger charge is 2.11. The highest BCUT2D eigenvalue weighted by molar-refractivity contribution is 6.05. The van der Waals surface area contributed by atoms with Gasteiger partial charge < -0.3 is 9.73 Å². The van der Waals surface area contributed by atoms with Crippen molar-refractivity contribution in [1.29, 1.82) is 0 Å². The SMILES string of the molecule is Cc1ccccc1-c1cc(=O)c2cc(NC(=O)c3cccc(F)c3)ccc2o1. The van der Waals surface area contributed by atoms with Crippen LogP contribution in [0, 0.1) is 12.7 Å². The van der Waals surface area contributed by atoms with Crippen LogP contribution in [0.15, 0.2) is 82.0 Å². The normalized spacial score (nSPS) is 10.8. The Hall–Kier alpha value is -3.73. The predicted molar refractivity (Wildman–Crippen MR) is 107 cm³/mol. The van der Waals surface area contributed by atoms with Crippen molar-refractivity contribution < 1.29 is 13.6 Å². The van der Waals surface area contributed by atoms with Crippen LogP contribution in [-0.4, -0.2) is 5.91 Å². The molecule has 4 rings (SSSR count). The van der Waals surface area contributed by atoms with Gasteiger partial charge in [-0.05, 0) is 48.9 Å². The first kappa shape index (κ1) is 17.7. The molecular formula is C23H16FNO3. The van der Waals surface area contributed by atoms with Gasteiger partial charge >= 0.3 is 0 Å². The monoisotopic (exact) mass is 373 g/mol. The molecule has 0 saturated heterocycles. The van der Waals surface area contributed by atoms with Crippen molar-refractivity contribution in [2.75, 3.05) is 5.32 Å². The molecule has 0 radical (unpaired) electrons. The lowest BCUT2D eigenvalue weighted by atomic mass is 10.1. The highest BCUT2D eigenvalue weighted by atomic mass is 19.1. The maximum Gasteiger partial charge on any atom is 0.255 e. The molecular weight excluding hydrogens is 357 g/mol. The summed E-state index contributed by atoms with van der Waals surface area (Å²) >= 11 is 0. The number of rotatable bonds is 3. The quantitative estimate of drug-likeness (QED) is 0.540. The van der Waals surface area contributed by atoms with E-state index >= 15 is 0 Å². The Labute approximate surface area is 160 Å². The third-order valence-electron chi connectivity index (χ3n) is 4.48. The minimum Gasteiger partial charge on any atom is -0.456 e. The number of aryl methyl sites for hydroxylation is 1. The molecule has 0 aliphatic heterocycles. The first-order chi connectivity index (χ1) is 13.5. The Bertz CT molecular complexity index is 1260. The average molecular weight is 373 g/mol. The highest BCUT2D eigenvalue weighted by Crippen LogP contribution is 2.26. The van der Waals surface area contributed by atoms with Crippen molar-refractivity contribution in [1.82, 2.24) is 0 Å². The van der Waals surface area contributed by atoms with Gasteiger partial charge in [0.1, 0.15) is 17.2 Å². The summed E-state index contributed by atoms with van der Waals surface area (Å²) in [5, 5.41) is 3.03. The van der Waals surface area contributed by atoms with Gasteiger partial charge in [0, 0.05) is 22.9 Å². The average Bonchev–Trinajstić information content (AvgIpc) is 2.68. The molecule has 3 aromatic carbocycles. The molecule has 4 nitrogen and oxygen atoms in total. The third kappa shape index (κ3) is 3.42. The molecule has 28 heavy (non-hydrogen) atoms. The fraction of sp³-hybridized carbons (Fsp3) is 0.0435. The number of anilines is 1. The zero-order valence-electron chi connectivity index (χ0n) is 15.0. The number of hydrogen-bond donors (Lipinski definition) is 1. The number of halogens is 1. The van der Waals surface area contributed by atoms with E-state index in [1.54, 1.807) is 18.2 Å². The molecule has 1 aromatic heterocycles. The summed E-state index contributed by atoms with van der Waals surface area (Å²) in [6.45, 7) is 1.95. The Morgan fingerprint density at radius 1 is 0.964 bits per heavy atom. The maximum atomic E-state index is 13.3. The molecule has 0 bridgehead atoms. The molecule has 0 spiro atoms. The fourth-order valence-electron chi connectivity index (χ4n) is 3.05. The van der Waals surface area contributed by atoms with Crippen LogP contribution in [0.4, 0.5) is 10.1 Å². The second kappa shape index (κ2) is 7.12. The van der Waals surface area contributed by atoms with E-state index in [-0.39, 0.29) is 11.0 Å². The number of fused-ring (bicyclic) bond motifs is 1. The lowest BCUT2D eigenvalue weighted by molar-refractivity contribution is 0.102. The molecule has 0 atom stereocenters. The van der Waals surface area contributed by atoms with E-state index in [1.807, 2.05) is 31.2 Å². The lowest BCUT2D eigenvalue weighted by Crippen LogP contribution is -2.12. The molecule has 1 N–H and O–H groups in total. The summed E-state index contributed by atoms with van der Waals surface area (Å²) in [6.07, 6.45) is 0. The summed E-state index contributed by atoms with van der Waals surface area (Å²) in [4.78, 5) is 24.9. The molecule has 0 aliphatic rings. The molecule has 1 amide bonds. The summed E-state index contributed by atoms with van der Waals surface area (Å²) < 4.78 is 19.2. The van der Waals surface area contributed by atoms with Crippen LogP contribution < -0.4 is 10.7 Å². The summed E-state index contributed by atoms with van der Waals surface area (Å²) in [5.74, 6) is -0.456. The number of amides is 1. The fourth-order valence-corrected chi connectivity index (χ4v) is 3.05. The first-order valence-corrected chi connectivity index (χ1v) is 8.72. The van der Waals surface area contributed by atoms with E-state index in [1.165, 1.54) is 24.3 Å². The topological polar surface area (TPSA) is 59.3 Å². The van der Waals surface area contributed by atoms with Crippen LogP contribution in [-0.2, 0) is 0 Å². The predicted octanol–water partition coefficient (Wildman–Crippen LogP) is 5.16. The minimum atomic E-state index is -0.490. The molecule has 0 saturated carbocycles. The Balaban J connectivity index is 1.69. The third-order valence-corrected chi connectivity index (χ3v) is 4.48. The van der Waals surface area contributed by atoms with E-state index in [2.05, 4.69) is 5.32 Å². The Morgan fingerprint density at radius 2 is 1.79 bits per heavy atom. The number of carbonyl (C=O) groups excluding carboxylic acids is 1. The van der Waals surface area contributed by atoms with Crippen LogP contribution in [0.3, 0.4) is 0 Å². The largest absolute Gasteiger partial charge is 0.456 e. The van der Waals surface area contributed by atoms with Crippen LogP contribution in [0.2, 0.25) is 0 Å². The zero-order valence-corrected chi connectivity index (χ0v) is 15.0. The molecule has 0 fully saturated rings. The van der Waals surface area contributed by atoms with Gasteiger partial charge in [-0.3, -0.25) is 9.59 Å². The van der Waals surface area contributed by atoms with E-state index in [9.17, 15) is 14.0 Å². The second-order valence-corrected chi connectivity index (χ2v) is 6.47. The van der Waals surface area contributed by atoms with Gasteiger partial charge in [-0.15, -0.1) is 0 Å². The van der Waals surface area contributed by atoms with Crippen molar-refractivity contribution in [3.63, 3.8) is 0 Å². The van der Waals surface area contributed by atoms with Gasteiger partial charge in [0.05, 0.1) is 5.39 Å². The van der Waals surface area contributed by atoms with Gasteiger partial charge in [0.25, 0.3) is 5.91 Å². The van der Waals surface area contributed by atoms with Gasteiger partial charge in [-0.25, -0.2) is 4.39 Å². The molecule has 5 heteroatoms. The Morgan fingerprint density at radius 3 is 2.57 bits per heavy atom. The van der Waals surface area contributed by atoms with Gasteiger partial charge in [-0.2, -0.15) is 0 Å². The minimum absolute atomic E-state index is 0.196. The first-order valence-electron chi connectivity index (χ1n) is 8.72. The van der Waals surface area contributed by atoms with E-state index in [4.69, 9.17) is 4.42 Å². The van der Waals surface area contributed by atoms with Crippen molar-refractivity contribution in [3.8, 4) is 11.3 Å². The lowest BCUT2D eigenvalue weighted by Gasteiger charge is -2.08.